The number of carboxylic acids is 1. The molecule has 10 heteroatoms. The summed E-state index contributed by atoms with van der Waals surface area (Å²) in [4.78, 5) is 40.4. The highest BCUT2D eigenvalue weighted by molar-refractivity contribution is 5.97. The van der Waals surface area contributed by atoms with Crippen LogP contribution < -0.4 is 32.4 Å². The predicted molar refractivity (Wildman–Crippen MR) is 134 cm³/mol. The lowest BCUT2D eigenvalue weighted by Crippen LogP contribution is -2.78. The lowest BCUT2D eigenvalue weighted by atomic mass is 10.0. The molecule has 0 aliphatic rings. The fourth-order valence-corrected chi connectivity index (χ4v) is 3.45. The van der Waals surface area contributed by atoms with Crippen LogP contribution in [0.1, 0.15) is 31.7 Å². The average molecular weight is 484 g/mol. The SMILES string of the molecule is C[C@@H](N[C@H](CCc1ccccc1)C(=O)N[C@H](CCC[NH+]=C(N)N)C(=O)Nc1ccccc1)C(=O)O. The van der Waals surface area contributed by atoms with Crippen molar-refractivity contribution in [2.45, 2.75) is 50.7 Å². The Kier molecular flexibility index (Phi) is 11.2. The Bertz CT molecular complexity index is 980. The average Bonchev–Trinajstić information content (AvgIpc) is 2.84. The van der Waals surface area contributed by atoms with E-state index in [2.05, 4.69) is 20.9 Å². The molecule has 0 aliphatic carbocycles. The fraction of sp³-hybridized carbons (Fsp3) is 0.360. The Hall–Kier alpha value is -3.92. The van der Waals surface area contributed by atoms with Gasteiger partial charge in [0.15, 0.2) is 0 Å². The molecule has 35 heavy (non-hydrogen) atoms. The van der Waals surface area contributed by atoms with Gasteiger partial charge in [-0.25, -0.2) is 0 Å². The van der Waals surface area contributed by atoms with Crippen molar-refractivity contribution in [3.8, 4) is 0 Å². The maximum Gasteiger partial charge on any atom is 0.338 e. The van der Waals surface area contributed by atoms with Crippen LogP contribution in [0, 0.1) is 0 Å². The van der Waals surface area contributed by atoms with Crippen LogP contribution >= 0.6 is 0 Å². The molecule has 0 fully saturated rings. The first-order valence-electron chi connectivity index (χ1n) is 11.6. The molecule has 0 aliphatic heterocycles. The molecule has 2 aromatic carbocycles. The van der Waals surface area contributed by atoms with Gasteiger partial charge in [0.2, 0.25) is 11.8 Å². The van der Waals surface area contributed by atoms with Crippen LogP contribution in [0.4, 0.5) is 5.69 Å². The fourth-order valence-electron chi connectivity index (χ4n) is 3.45. The summed E-state index contributed by atoms with van der Waals surface area (Å²) in [5.41, 5.74) is 12.5. The molecule has 0 spiro atoms. The molecule has 0 saturated carbocycles. The molecule has 2 rings (SSSR count). The number of benzene rings is 2. The summed E-state index contributed by atoms with van der Waals surface area (Å²) in [6.45, 7) is 1.91. The number of carbonyl (C=O) groups excluding carboxylic acids is 2. The van der Waals surface area contributed by atoms with Crippen molar-refractivity contribution in [3.05, 3.63) is 66.2 Å². The second kappa shape index (κ2) is 14.4. The van der Waals surface area contributed by atoms with Crippen LogP contribution in [0.15, 0.2) is 60.7 Å². The van der Waals surface area contributed by atoms with E-state index in [1.807, 2.05) is 36.4 Å². The molecule has 10 nitrogen and oxygen atoms in total. The summed E-state index contributed by atoms with van der Waals surface area (Å²) in [6.07, 6.45) is 1.76. The third-order valence-corrected chi connectivity index (χ3v) is 5.38. The van der Waals surface area contributed by atoms with Crippen LogP contribution in [0.3, 0.4) is 0 Å². The molecular weight excluding hydrogens is 448 g/mol. The number of amides is 2. The number of anilines is 1. The van der Waals surface area contributed by atoms with Crippen LogP contribution in [0.5, 0.6) is 0 Å². The van der Waals surface area contributed by atoms with Gasteiger partial charge in [-0.3, -0.25) is 36.2 Å². The van der Waals surface area contributed by atoms with Gasteiger partial charge in [0, 0.05) is 5.69 Å². The number of hydrogen-bond donors (Lipinski definition) is 7. The first kappa shape index (κ1) is 27.3. The van der Waals surface area contributed by atoms with Crippen molar-refractivity contribution in [3.63, 3.8) is 0 Å². The number of carbonyl (C=O) groups is 3. The second-order valence-corrected chi connectivity index (χ2v) is 8.24. The summed E-state index contributed by atoms with van der Waals surface area (Å²) in [5, 5.41) is 17.8. The summed E-state index contributed by atoms with van der Waals surface area (Å²) in [6, 6.07) is 15.9. The van der Waals surface area contributed by atoms with Gasteiger partial charge in [0.05, 0.1) is 12.6 Å². The largest absolute Gasteiger partial charge is 0.480 e. The third kappa shape index (κ3) is 10.3. The van der Waals surface area contributed by atoms with Gasteiger partial charge in [0.25, 0.3) is 0 Å². The van der Waals surface area contributed by atoms with E-state index < -0.39 is 30.0 Å². The molecule has 3 atom stereocenters. The Morgan fingerprint density at radius 2 is 1.54 bits per heavy atom. The first-order chi connectivity index (χ1) is 16.8. The van der Waals surface area contributed by atoms with E-state index in [0.29, 0.717) is 37.9 Å². The van der Waals surface area contributed by atoms with Crippen LogP contribution in [-0.4, -0.2) is 53.5 Å². The molecular formula is C25H35N6O4+. The molecule has 0 bridgehead atoms. The van der Waals surface area contributed by atoms with Gasteiger partial charge < -0.3 is 15.7 Å². The minimum Gasteiger partial charge on any atom is -0.480 e. The number of rotatable bonds is 14. The number of carboxylic acid groups (broad SMARTS) is 1. The number of guanidine groups is 1. The van der Waals surface area contributed by atoms with Crippen molar-refractivity contribution in [1.82, 2.24) is 10.6 Å². The monoisotopic (exact) mass is 483 g/mol. The lowest BCUT2D eigenvalue weighted by Gasteiger charge is -2.24. The second-order valence-electron chi connectivity index (χ2n) is 8.24. The quantitative estimate of drug-likeness (QED) is 0.106. The first-order valence-corrected chi connectivity index (χ1v) is 11.6. The molecule has 0 heterocycles. The zero-order valence-electron chi connectivity index (χ0n) is 19.9. The molecule has 0 aromatic heterocycles. The van der Waals surface area contributed by atoms with Crippen LogP contribution in [-0.2, 0) is 20.8 Å². The minimum atomic E-state index is -1.07. The highest BCUT2D eigenvalue weighted by atomic mass is 16.4. The maximum absolute atomic E-state index is 13.2. The van der Waals surface area contributed by atoms with Crippen molar-refractivity contribution in [2.75, 3.05) is 11.9 Å². The predicted octanol–water partition coefficient (Wildman–Crippen LogP) is -0.692. The molecule has 2 amide bonds. The minimum absolute atomic E-state index is 0.0761. The van der Waals surface area contributed by atoms with Crippen molar-refractivity contribution >= 4 is 29.4 Å². The topological polar surface area (TPSA) is 174 Å². The standard InChI is InChI=1S/C25H34N6O4/c1-17(24(34)35)29-21(15-14-18-9-4-2-5-10-18)23(33)31-20(13-8-16-28-25(26)27)22(32)30-19-11-6-3-7-12-19/h2-7,9-12,17,20-21,29H,8,13-16H2,1H3,(H,30,32)(H,31,33)(H,34,35)(H4,26,27,28)/p+1/t17-,20-,21-/m1/s1. The van der Waals surface area contributed by atoms with E-state index in [-0.39, 0.29) is 11.9 Å². The highest BCUT2D eigenvalue weighted by Gasteiger charge is 2.27. The summed E-state index contributed by atoms with van der Waals surface area (Å²) in [7, 11) is 0. The Labute approximate surface area is 205 Å². The Balaban J connectivity index is 2.13. The normalized spacial score (nSPS) is 13.2. The number of nitrogens with one attached hydrogen (secondary N) is 4. The zero-order valence-corrected chi connectivity index (χ0v) is 19.9. The Morgan fingerprint density at radius 3 is 2.14 bits per heavy atom. The number of aliphatic carboxylic acids is 1. The molecule has 9 N–H and O–H groups in total. The molecule has 2 aromatic rings. The van der Waals surface area contributed by atoms with Crippen molar-refractivity contribution in [2.24, 2.45) is 11.5 Å². The number of aryl methyl sites for hydroxylation is 1. The van der Waals surface area contributed by atoms with E-state index in [4.69, 9.17) is 11.5 Å². The molecule has 0 unspecified atom stereocenters. The van der Waals surface area contributed by atoms with E-state index in [1.54, 1.807) is 24.3 Å². The van der Waals surface area contributed by atoms with E-state index in [9.17, 15) is 19.5 Å². The van der Waals surface area contributed by atoms with Gasteiger partial charge in [0.1, 0.15) is 12.1 Å². The van der Waals surface area contributed by atoms with Crippen molar-refractivity contribution < 1.29 is 24.5 Å². The van der Waals surface area contributed by atoms with Crippen molar-refractivity contribution in [1.29, 1.82) is 0 Å². The summed E-state index contributed by atoms with van der Waals surface area (Å²) in [5.74, 6) is -1.81. The summed E-state index contributed by atoms with van der Waals surface area (Å²) < 4.78 is 0. The van der Waals surface area contributed by atoms with Crippen LogP contribution in [0.25, 0.3) is 0 Å². The van der Waals surface area contributed by atoms with E-state index >= 15 is 0 Å². The molecule has 0 radical (unpaired) electrons. The van der Waals surface area contributed by atoms with Crippen LogP contribution in [0.2, 0.25) is 0 Å². The van der Waals surface area contributed by atoms with Gasteiger partial charge in [-0.1, -0.05) is 48.5 Å². The Morgan fingerprint density at radius 1 is 0.914 bits per heavy atom. The zero-order chi connectivity index (χ0) is 25.6. The van der Waals surface area contributed by atoms with Gasteiger partial charge in [-0.15, -0.1) is 0 Å². The summed E-state index contributed by atoms with van der Waals surface area (Å²) >= 11 is 0. The maximum atomic E-state index is 13.2. The van der Waals surface area contributed by atoms with Gasteiger partial charge >= 0.3 is 11.9 Å². The van der Waals surface area contributed by atoms with Gasteiger partial charge in [-0.05, 0) is 50.3 Å². The molecule has 188 valence electrons. The smallest absolute Gasteiger partial charge is 0.338 e. The van der Waals surface area contributed by atoms with E-state index in [1.165, 1.54) is 6.92 Å². The third-order valence-electron chi connectivity index (χ3n) is 5.38. The lowest BCUT2D eigenvalue weighted by molar-refractivity contribution is -0.459. The number of hydrogen-bond acceptors (Lipinski definition) is 4. The highest BCUT2D eigenvalue weighted by Crippen LogP contribution is 2.10. The number of para-hydroxylation sites is 1. The van der Waals surface area contributed by atoms with Gasteiger partial charge in [-0.2, -0.15) is 0 Å². The number of nitrogens with two attached hydrogens (primary N) is 2. The van der Waals surface area contributed by atoms with E-state index in [0.717, 1.165) is 5.56 Å². The molecule has 0 saturated heterocycles.